The summed E-state index contributed by atoms with van der Waals surface area (Å²) in [5.74, 6) is 0.920. The fourth-order valence-corrected chi connectivity index (χ4v) is 2.53. The van der Waals surface area contributed by atoms with Gasteiger partial charge in [-0.2, -0.15) is 0 Å². The molecule has 20 heavy (non-hydrogen) atoms. The summed E-state index contributed by atoms with van der Waals surface area (Å²) in [6, 6.07) is 15.8. The van der Waals surface area contributed by atoms with E-state index in [4.69, 9.17) is 16.3 Å². The van der Waals surface area contributed by atoms with Gasteiger partial charge in [0.05, 0.1) is 6.61 Å². The molecular formula is C16H17BrClNO. The first-order valence-electron chi connectivity index (χ1n) is 6.58. The number of hydrogen-bond donors (Lipinski definition) is 1. The summed E-state index contributed by atoms with van der Waals surface area (Å²) in [6.07, 6.45) is 0.961. The van der Waals surface area contributed by atoms with Crippen LogP contribution in [0.4, 0.5) is 0 Å². The molecule has 0 radical (unpaired) electrons. The Balaban J connectivity index is 1.62. The maximum absolute atomic E-state index is 6.15. The molecule has 4 heteroatoms. The van der Waals surface area contributed by atoms with Crippen LogP contribution in [0.5, 0.6) is 5.75 Å². The quantitative estimate of drug-likeness (QED) is 0.730. The first kappa shape index (κ1) is 15.4. The van der Waals surface area contributed by atoms with Gasteiger partial charge in [-0.15, -0.1) is 0 Å². The molecule has 2 rings (SSSR count). The lowest BCUT2D eigenvalue weighted by molar-refractivity contribution is 0.308. The second-order valence-corrected chi connectivity index (χ2v) is 5.75. The predicted molar refractivity (Wildman–Crippen MR) is 87.4 cm³/mol. The molecule has 0 atom stereocenters. The van der Waals surface area contributed by atoms with Gasteiger partial charge in [-0.1, -0.05) is 51.8 Å². The molecule has 0 saturated heterocycles. The molecule has 0 saturated carbocycles. The molecule has 1 N–H and O–H groups in total. The van der Waals surface area contributed by atoms with E-state index in [0.717, 1.165) is 40.3 Å². The van der Waals surface area contributed by atoms with Gasteiger partial charge in [0.2, 0.25) is 0 Å². The summed E-state index contributed by atoms with van der Waals surface area (Å²) in [6.45, 7) is 2.39. The van der Waals surface area contributed by atoms with Gasteiger partial charge in [0.15, 0.2) is 0 Å². The first-order chi connectivity index (χ1) is 9.75. The van der Waals surface area contributed by atoms with Gasteiger partial charge < -0.3 is 10.1 Å². The third kappa shape index (κ3) is 5.16. The molecule has 0 heterocycles. The molecule has 2 aromatic carbocycles. The Morgan fingerprint density at radius 3 is 2.65 bits per heavy atom. The van der Waals surface area contributed by atoms with Crippen LogP contribution >= 0.6 is 27.5 Å². The Bertz CT molecular complexity index is 533. The highest BCUT2D eigenvalue weighted by molar-refractivity contribution is 9.10. The van der Waals surface area contributed by atoms with Crippen molar-refractivity contribution in [3.05, 3.63) is 63.6 Å². The van der Waals surface area contributed by atoms with Crippen LogP contribution in [0.15, 0.2) is 53.0 Å². The maximum Gasteiger partial charge on any atom is 0.119 e. The summed E-state index contributed by atoms with van der Waals surface area (Å²) >= 11 is 9.55. The lowest BCUT2D eigenvalue weighted by Gasteiger charge is -2.08. The number of rotatable bonds is 7. The Morgan fingerprint density at radius 2 is 1.90 bits per heavy atom. The summed E-state index contributed by atoms with van der Waals surface area (Å²) in [5, 5.41) is 4.15. The third-order valence-corrected chi connectivity index (χ3v) is 3.69. The fraction of sp³-hybridized carbons (Fsp3) is 0.250. The molecule has 0 aliphatic heterocycles. The largest absolute Gasteiger partial charge is 0.494 e. The van der Waals surface area contributed by atoms with E-state index < -0.39 is 0 Å². The average Bonchev–Trinajstić information content (AvgIpc) is 2.46. The number of halogens is 2. The maximum atomic E-state index is 6.15. The molecular weight excluding hydrogens is 338 g/mol. The summed E-state index contributed by atoms with van der Waals surface area (Å²) in [4.78, 5) is 0. The molecule has 0 aliphatic rings. The van der Waals surface area contributed by atoms with Crippen LogP contribution in [0.2, 0.25) is 5.02 Å². The highest BCUT2D eigenvalue weighted by Gasteiger charge is 2.00. The molecule has 0 bridgehead atoms. The van der Waals surface area contributed by atoms with Crippen LogP contribution in [0.1, 0.15) is 12.0 Å². The molecule has 0 amide bonds. The van der Waals surface area contributed by atoms with Crippen molar-refractivity contribution >= 4 is 27.5 Å². The second kappa shape index (κ2) is 8.30. The summed E-state index contributed by atoms with van der Waals surface area (Å²) in [7, 11) is 0. The standard InChI is InChI=1S/C16H17BrClNO/c17-14-8-7-13(16(18)11-14)12-19-9-4-10-20-15-5-2-1-3-6-15/h1-3,5-8,11,19H,4,9-10,12H2. The molecule has 0 fully saturated rings. The van der Waals surface area contributed by atoms with E-state index in [1.54, 1.807) is 0 Å². The van der Waals surface area contributed by atoms with Crippen molar-refractivity contribution in [1.29, 1.82) is 0 Å². The molecule has 106 valence electrons. The minimum atomic E-state index is 0.713. The van der Waals surface area contributed by atoms with Gasteiger partial charge in [-0.05, 0) is 42.8 Å². The van der Waals surface area contributed by atoms with Crippen LogP contribution in [0.25, 0.3) is 0 Å². The Hall–Kier alpha value is -1.03. The number of hydrogen-bond acceptors (Lipinski definition) is 2. The van der Waals surface area contributed by atoms with Crippen molar-refractivity contribution in [1.82, 2.24) is 5.32 Å². The monoisotopic (exact) mass is 353 g/mol. The second-order valence-electron chi connectivity index (χ2n) is 4.43. The van der Waals surface area contributed by atoms with E-state index in [0.29, 0.717) is 6.61 Å². The van der Waals surface area contributed by atoms with E-state index in [-0.39, 0.29) is 0 Å². The lowest BCUT2D eigenvalue weighted by atomic mass is 10.2. The lowest BCUT2D eigenvalue weighted by Crippen LogP contribution is -2.17. The van der Waals surface area contributed by atoms with Crippen molar-refractivity contribution < 1.29 is 4.74 Å². The third-order valence-electron chi connectivity index (χ3n) is 2.84. The highest BCUT2D eigenvalue weighted by atomic mass is 79.9. The van der Waals surface area contributed by atoms with Crippen LogP contribution in [0.3, 0.4) is 0 Å². The zero-order chi connectivity index (χ0) is 14.2. The number of nitrogens with one attached hydrogen (secondary N) is 1. The van der Waals surface area contributed by atoms with Crippen LogP contribution in [-0.4, -0.2) is 13.2 Å². The van der Waals surface area contributed by atoms with Crippen LogP contribution in [0, 0.1) is 0 Å². The predicted octanol–water partition coefficient (Wildman–Crippen LogP) is 4.66. The van der Waals surface area contributed by atoms with Gasteiger partial charge in [0.25, 0.3) is 0 Å². The minimum Gasteiger partial charge on any atom is -0.494 e. The average molecular weight is 355 g/mol. The van der Waals surface area contributed by atoms with E-state index >= 15 is 0 Å². The zero-order valence-electron chi connectivity index (χ0n) is 11.1. The van der Waals surface area contributed by atoms with E-state index in [1.807, 2.05) is 48.5 Å². The molecule has 0 aliphatic carbocycles. The van der Waals surface area contributed by atoms with Gasteiger partial charge >= 0.3 is 0 Å². The fourth-order valence-electron chi connectivity index (χ4n) is 1.79. The van der Waals surface area contributed by atoms with Gasteiger partial charge in [-0.25, -0.2) is 0 Å². The summed E-state index contributed by atoms with van der Waals surface area (Å²) < 4.78 is 6.63. The smallest absolute Gasteiger partial charge is 0.119 e. The van der Waals surface area contributed by atoms with Crippen molar-refractivity contribution in [3.8, 4) is 5.75 Å². The van der Waals surface area contributed by atoms with Crippen LogP contribution in [-0.2, 0) is 6.54 Å². The highest BCUT2D eigenvalue weighted by Crippen LogP contribution is 2.21. The van der Waals surface area contributed by atoms with Gasteiger partial charge in [-0.3, -0.25) is 0 Å². The topological polar surface area (TPSA) is 21.3 Å². The first-order valence-corrected chi connectivity index (χ1v) is 7.75. The SMILES string of the molecule is Clc1cc(Br)ccc1CNCCCOc1ccccc1. The molecule has 0 spiro atoms. The van der Waals surface area contributed by atoms with Crippen molar-refractivity contribution in [3.63, 3.8) is 0 Å². The van der Waals surface area contributed by atoms with Crippen molar-refractivity contribution in [2.45, 2.75) is 13.0 Å². The van der Waals surface area contributed by atoms with Crippen LogP contribution < -0.4 is 10.1 Å². The van der Waals surface area contributed by atoms with Gasteiger partial charge in [0, 0.05) is 16.0 Å². The van der Waals surface area contributed by atoms with Gasteiger partial charge in [0.1, 0.15) is 5.75 Å². The number of ether oxygens (including phenoxy) is 1. The summed E-state index contributed by atoms with van der Waals surface area (Å²) in [5.41, 5.74) is 1.11. The Morgan fingerprint density at radius 1 is 1.10 bits per heavy atom. The van der Waals surface area contributed by atoms with Crippen molar-refractivity contribution in [2.24, 2.45) is 0 Å². The van der Waals surface area contributed by atoms with E-state index in [2.05, 4.69) is 21.2 Å². The van der Waals surface area contributed by atoms with E-state index in [9.17, 15) is 0 Å². The molecule has 2 aromatic rings. The number of para-hydroxylation sites is 1. The Labute approximate surface area is 133 Å². The van der Waals surface area contributed by atoms with E-state index in [1.165, 1.54) is 0 Å². The molecule has 0 unspecified atom stereocenters. The van der Waals surface area contributed by atoms with Crippen molar-refractivity contribution in [2.75, 3.05) is 13.2 Å². The number of benzene rings is 2. The molecule has 2 nitrogen and oxygen atoms in total. The molecule has 0 aromatic heterocycles. The Kier molecular flexibility index (Phi) is 6.37. The normalized spacial score (nSPS) is 10.5. The minimum absolute atomic E-state index is 0.713. The zero-order valence-corrected chi connectivity index (χ0v) is 13.5.